The maximum Gasteiger partial charge on any atom is 0.410 e. The number of hydrogen-bond acceptors (Lipinski definition) is 6. The van der Waals surface area contributed by atoms with E-state index in [1.807, 2.05) is 41.0 Å². The molecule has 4 saturated heterocycles. The average molecular weight is 691 g/mol. The van der Waals surface area contributed by atoms with Crippen LogP contribution < -0.4 is 11.1 Å². The van der Waals surface area contributed by atoms with Gasteiger partial charge in [-0.3, -0.25) is 4.79 Å². The molecule has 0 radical (unpaired) electrons. The molecule has 10 nitrogen and oxygen atoms in total. The Morgan fingerprint density at radius 3 is 2.29 bits per heavy atom. The van der Waals surface area contributed by atoms with E-state index < -0.39 is 12.2 Å². The Morgan fingerprint density at radius 2 is 1.59 bits per heavy atom. The molecule has 7 rings (SSSR count). The van der Waals surface area contributed by atoms with Crippen molar-refractivity contribution in [1.29, 1.82) is 0 Å². The van der Waals surface area contributed by atoms with Crippen LogP contribution in [0.25, 0.3) is 0 Å². The molecule has 2 aromatic rings. The molecule has 49 heavy (non-hydrogen) atoms. The van der Waals surface area contributed by atoms with Crippen molar-refractivity contribution < 1.29 is 19.1 Å². The van der Waals surface area contributed by atoms with E-state index in [1.54, 1.807) is 11.0 Å². The van der Waals surface area contributed by atoms with Crippen LogP contribution in [-0.2, 0) is 22.4 Å². The molecular weight excluding hydrogens is 640 g/mol. The molecule has 2 aromatic carbocycles. The van der Waals surface area contributed by atoms with E-state index >= 15 is 0 Å². The second-order valence-corrected chi connectivity index (χ2v) is 15.5. The smallest absolute Gasteiger partial charge is 0.410 e. The van der Waals surface area contributed by atoms with Crippen LogP contribution in [0.2, 0.25) is 5.02 Å². The molecule has 4 fully saturated rings. The van der Waals surface area contributed by atoms with Gasteiger partial charge in [0.25, 0.3) is 5.91 Å². The summed E-state index contributed by atoms with van der Waals surface area (Å²) >= 11 is 6.43. The first-order valence-corrected chi connectivity index (χ1v) is 18.7. The lowest BCUT2D eigenvalue weighted by atomic mass is 9.76. The van der Waals surface area contributed by atoms with Gasteiger partial charge in [-0.25, -0.2) is 9.59 Å². The topological polar surface area (TPSA) is 111 Å². The van der Waals surface area contributed by atoms with E-state index in [-0.39, 0.29) is 24.4 Å². The summed E-state index contributed by atoms with van der Waals surface area (Å²) in [4.78, 5) is 49.0. The van der Waals surface area contributed by atoms with Crippen molar-refractivity contribution in [2.75, 3.05) is 50.8 Å². The summed E-state index contributed by atoms with van der Waals surface area (Å²) in [5.74, 6) is 1.23. The predicted molar refractivity (Wildman–Crippen MR) is 192 cm³/mol. The van der Waals surface area contributed by atoms with Gasteiger partial charge < -0.3 is 35.4 Å². The van der Waals surface area contributed by atoms with Gasteiger partial charge >= 0.3 is 12.1 Å². The summed E-state index contributed by atoms with van der Waals surface area (Å²) < 4.78 is 6.10. The summed E-state index contributed by atoms with van der Waals surface area (Å²) in [6.45, 7) is 4.81. The molecule has 0 saturated carbocycles. The Hall–Kier alpha value is -3.50. The lowest BCUT2D eigenvalue weighted by Gasteiger charge is -2.43. The van der Waals surface area contributed by atoms with Gasteiger partial charge in [0.2, 0.25) is 0 Å². The molecule has 264 valence electrons. The van der Waals surface area contributed by atoms with E-state index in [4.69, 9.17) is 22.1 Å². The average Bonchev–Trinajstić information content (AvgIpc) is 3.25. The predicted octanol–water partition coefficient (Wildman–Crippen LogP) is 5.94. The maximum atomic E-state index is 14.1. The van der Waals surface area contributed by atoms with E-state index in [9.17, 15) is 14.4 Å². The third kappa shape index (κ3) is 7.22. The Kier molecular flexibility index (Phi) is 9.98. The van der Waals surface area contributed by atoms with Crippen molar-refractivity contribution in [3.8, 4) is 0 Å². The van der Waals surface area contributed by atoms with Crippen LogP contribution >= 0.6 is 11.6 Å². The Morgan fingerprint density at radius 1 is 0.918 bits per heavy atom. The number of ether oxygens (including phenoxy) is 1. The molecule has 2 unspecified atom stereocenters. The first-order valence-electron chi connectivity index (χ1n) is 18.3. The third-order valence-electron chi connectivity index (χ3n) is 12.3. The Bertz CT molecular complexity index is 1520. The largest absolute Gasteiger partial charge is 0.436 e. The fraction of sp³-hybridized carbons (Fsp3) is 0.605. The standard InChI is InChI=1S/C38H51ClN6O4/c1-24-19-25(20-32(39)35(24)40)21-34(36(46)43-14-9-26(10-15-43)28-22-30-7-8-31(23-28)42(30)2)49-38(48)44-16-12-29(13-17-44)45-18-11-27-5-3-4-6-33(27)41-37(45)47/h3-6,19-20,26,28-31,34H,7-18,21-23,40H2,1-2H3,(H,41,47)/t28?,30?,31?,34-/m1/s1. The molecule has 5 heterocycles. The number of para-hydroxylation sites is 1. The highest BCUT2D eigenvalue weighted by Gasteiger charge is 2.42. The number of rotatable bonds is 6. The van der Waals surface area contributed by atoms with E-state index in [0.29, 0.717) is 74.3 Å². The highest BCUT2D eigenvalue weighted by molar-refractivity contribution is 6.33. The molecule has 0 aliphatic carbocycles. The van der Waals surface area contributed by atoms with Crippen LogP contribution in [0.1, 0.15) is 68.1 Å². The number of aryl methyl sites for hydroxylation is 1. The van der Waals surface area contributed by atoms with Crippen molar-refractivity contribution in [2.45, 2.75) is 95.4 Å². The third-order valence-corrected chi connectivity index (χ3v) is 12.6. The zero-order chi connectivity index (χ0) is 34.2. The van der Waals surface area contributed by atoms with Crippen LogP contribution in [0.3, 0.4) is 0 Å². The number of fused-ring (bicyclic) bond motifs is 3. The number of amides is 4. The van der Waals surface area contributed by atoms with Crippen LogP contribution in [0.15, 0.2) is 36.4 Å². The Balaban J connectivity index is 0.981. The van der Waals surface area contributed by atoms with Crippen molar-refractivity contribution in [3.05, 3.63) is 58.1 Å². The molecule has 4 amide bonds. The number of nitrogens with zero attached hydrogens (tertiary/aromatic N) is 4. The maximum absolute atomic E-state index is 14.1. The normalized spacial score (nSPS) is 25.8. The minimum absolute atomic E-state index is 0.0248. The molecule has 5 aliphatic rings. The fourth-order valence-corrected chi connectivity index (χ4v) is 9.55. The monoisotopic (exact) mass is 690 g/mol. The van der Waals surface area contributed by atoms with E-state index in [1.165, 1.54) is 25.7 Å². The zero-order valence-electron chi connectivity index (χ0n) is 28.9. The number of likely N-dealkylation sites (tertiary alicyclic amines) is 2. The summed E-state index contributed by atoms with van der Waals surface area (Å²) in [5.41, 5.74) is 10.3. The number of nitrogen functional groups attached to an aromatic ring is 1. The quantitative estimate of drug-likeness (QED) is 0.363. The number of hydrogen-bond donors (Lipinski definition) is 2. The van der Waals surface area contributed by atoms with Gasteiger partial charge in [-0.2, -0.15) is 0 Å². The number of urea groups is 1. The summed E-state index contributed by atoms with van der Waals surface area (Å²) in [6.07, 6.45) is 8.03. The van der Waals surface area contributed by atoms with Gasteiger partial charge in [0.1, 0.15) is 0 Å². The van der Waals surface area contributed by atoms with E-state index in [2.05, 4.69) is 23.3 Å². The number of nitrogens with two attached hydrogens (primary N) is 1. The van der Waals surface area contributed by atoms with Crippen LogP contribution in [-0.4, -0.2) is 102 Å². The van der Waals surface area contributed by atoms with Crippen LogP contribution in [0.5, 0.6) is 0 Å². The second-order valence-electron chi connectivity index (χ2n) is 15.1. The molecule has 0 spiro atoms. The lowest BCUT2D eigenvalue weighted by molar-refractivity contribution is -0.142. The Labute approximate surface area is 295 Å². The second kappa shape index (κ2) is 14.4. The van der Waals surface area contributed by atoms with Gasteiger partial charge in [-0.1, -0.05) is 35.9 Å². The van der Waals surface area contributed by atoms with Gasteiger partial charge in [0, 0.05) is 63.0 Å². The summed E-state index contributed by atoms with van der Waals surface area (Å²) in [6, 6.07) is 13.0. The lowest BCUT2D eigenvalue weighted by Crippen LogP contribution is -2.52. The van der Waals surface area contributed by atoms with Gasteiger partial charge in [-0.15, -0.1) is 0 Å². The number of benzene rings is 2. The number of carbonyl (C=O) groups is 3. The fourth-order valence-electron chi connectivity index (χ4n) is 9.27. The van der Waals surface area contributed by atoms with Crippen molar-refractivity contribution >= 4 is 41.0 Å². The number of anilines is 2. The molecule has 3 N–H and O–H groups in total. The van der Waals surface area contributed by atoms with Crippen molar-refractivity contribution in [1.82, 2.24) is 19.6 Å². The molecule has 11 heteroatoms. The molecule has 0 aromatic heterocycles. The number of halogens is 1. The molecular formula is C38H51ClN6O4. The van der Waals surface area contributed by atoms with Crippen molar-refractivity contribution in [3.63, 3.8) is 0 Å². The van der Waals surface area contributed by atoms with E-state index in [0.717, 1.165) is 47.6 Å². The molecule has 5 aliphatic heterocycles. The SMILES string of the molecule is Cc1cc(C[C@@H](OC(=O)N2CCC(N3CCc4ccccc4NC3=O)CC2)C(=O)N2CCC(C3CC4CCC(C3)N4C)CC2)cc(Cl)c1N. The van der Waals surface area contributed by atoms with Gasteiger partial charge in [0.15, 0.2) is 6.10 Å². The first-order chi connectivity index (χ1) is 23.6. The van der Waals surface area contributed by atoms with Crippen LogP contribution in [0.4, 0.5) is 21.0 Å². The zero-order valence-corrected chi connectivity index (χ0v) is 29.7. The summed E-state index contributed by atoms with van der Waals surface area (Å²) in [5, 5.41) is 3.49. The number of nitrogens with one attached hydrogen (secondary N) is 1. The minimum atomic E-state index is -0.963. The highest BCUT2D eigenvalue weighted by atomic mass is 35.5. The highest BCUT2D eigenvalue weighted by Crippen LogP contribution is 2.43. The minimum Gasteiger partial charge on any atom is -0.436 e. The van der Waals surface area contributed by atoms with Gasteiger partial charge in [-0.05, 0) is 112 Å². The molecule has 2 bridgehead atoms. The number of piperidine rings is 3. The van der Waals surface area contributed by atoms with Crippen molar-refractivity contribution in [2.24, 2.45) is 11.8 Å². The van der Waals surface area contributed by atoms with Crippen LogP contribution in [0, 0.1) is 18.8 Å². The first kappa shape index (κ1) is 34.0. The summed E-state index contributed by atoms with van der Waals surface area (Å²) in [7, 11) is 2.28. The van der Waals surface area contributed by atoms with Gasteiger partial charge in [0.05, 0.1) is 10.7 Å². The molecule has 3 atom stereocenters. The number of carbonyl (C=O) groups excluding carboxylic acids is 3.